The first kappa shape index (κ1) is 15.5. The predicted molar refractivity (Wildman–Crippen MR) is 82.0 cm³/mol. The molecule has 0 aliphatic carbocycles. The molecule has 21 heavy (non-hydrogen) atoms. The Kier molecular flexibility index (Phi) is 5.29. The van der Waals surface area contributed by atoms with E-state index in [1.54, 1.807) is 23.3 Å². The van der Waals surface area contributed by atoms with Crippen molar-refractivity contribution in [1.29, 1.82) is 0 Å². The zero-order valence-corrected chi connectivity index (χ0v) is 13.0. The molecule has 0 aromatic carbocycles. The molecule has 2 heterocycles. The summed E-state index contributed by atoms with van der Waals surface area (Å²) in [5, 5.41) is 15.7. The van der Waals surface area contributed by atoms with Gasteiger partial charge in [0.1, 0.15) is 0 Å². The molecule has 0 saturated carbocycles. The molecular weight excluding hydrogens is 310 g/mol. The van der Waals surface area contributed by atoms with Crippen molar-refractivity contribution >= 4 is 34.7 Å². The van der Waals surface area contributed by atoms with Gasteiger partial charge in [0, 0.05) is 30.3 Å². The van der Waals surface area contributed by atoms with Crippen molar-refractivity contribution in [2.24, 2.45) is 0 Å². The minimum absolute atomic E-state index is 0.0520. The largest absolute Gasteiger partial charge is 0.476 e. The summed E-state index contributed by atoms with van der Waals surface area (Å²) in [6.45, 7) is 1.00. The lowest BCUT2D eigenvalue weighted by atomic mass is 10.4. The Morgan fingerprint density at radius 1 is 1.43 bits per heavy atom. The third-order valence-corrected chi connectivity index (χ3v) is 4.48. The molecule has 0 fully saturated rings. The van der Waals surface area contributed by atoms with Gasteiger partial charge in [0.2, 0.25) is 0 Å². The maximum atomic E-state index is 11.9. The van der Waals surface area contributed by atoms with E-state index in [1.165, 1.54) is 16.7 Å². The van der Waals surface area contributed by atoms with Gasteiger partial charge in [-0.05, 0) is 11.4 Å². The number of amides is 2. The highest BCUT2D eigenvalue weighted by Crippen LogP contribution is 2.11. The molecule has 0 unspecified atom stereocenters. The topological polar surface area (TPSA) is 82.5 Å². The number of aromatic carboxylic acids is 1. The van der Waals surface area contributed by atoms with Crippen molar-refractivity contribution in [1.82, 2.24) is 15.2 Å². The lowest BCUT2D eigenvalue weighted by Gasteiger charge is -2.16. The molecule has 0 atom stereocenters. The SMILES string of the molecule is CN(Cc1cccs1)C(=O)NCCc1nc(C(=O)O)cs1. The van der Waals surface area contributed by atoms with Crippen LogP contribution in [0.1, 0.15) is 20.4 Å². The Hall–Kier alpha value is -1.93. The third-order valence-electron chi connectivity index (χ3n) is 2.71. The highest BCUT2D eigenvalue weighted by molar-refractivity contribution is 7.10. The number of thiazole rings is 1. The van der Waals surface area contributed by atoms with Gasteiger partial charge in [0.15, 0.2) is 5.69 Å². The fraction of sp³-hybridized carbons (Fsp3) is 0.308. The summed E-state index contributed by atoms with van der Waals surface area (Å²) in [5.41, 5.74) is 0.0520. The molecule has 2 amide bonds. The summed E-state index contributed by atoms with van der Waals surface area (Å²) in [4.78, 5) is 29.3. The summed E-state index contributed by atoms with van der Waals surface area (Å²) in [6.07, 6.45) is 0.524. The molecule has 0 radical (unpaired) electrons. The van der Waals surface area contributed by atoms with Crippen LogP contribution in [0.25, 0.3) is 0 Å². The van der Waals surface area contributed by atoms with E-state index in [0.717, 1.165) is 4.88 Å². The second kappa shape index (κ2) is 7.19. The zero-order chi connectivity index (χ0) is 15.2. The number of carboxylic acid groups (broad SMARTS) is 1. The van der Waals surface area contributed by atoms with Crippen LogP contribution >= 0.6 is 22.7 Å². The van der Waals surface area contributed by atoms with Crippen molar-refractivity contribution in [2.45, 2.75) is 13.0 Å². The Balaban J connectivity index is 1.74. The van der Waals surface area contributed by atoms with E-state index in [-0.39, 0.29) is 11.7 Å². The van der Waals surface area contributed by atoms with Crippen molar-refractivity contribution in [3.8, 4) is 0 Å². The molecule has 0 aliphatic rings. The molecule has 2 N–H and O–H groups in total. The van der Waals surface area contributed by atoms with Gasteiger partial charge in [-0.1, -0.05) is 6.07 Å². The van der Waals surface area contributed by atoms with Gasteiger partial charge in [-0.3, -0.25) is 0 Å². The van der Waals surface area contributed by atoms with Gasteiger partial charge in [0.25, 0.3) is 0 Å². The maximum Gasteiger partial charge on any atom is 0.355 e. The van der Waals surface area contributed by atoms with E-state index in [9.17, 15) is 9.59 Å². The highest BCUT2D eigenvalue weighted by atomic mass is 32.1. The fourth-order valence-electron chi connectivity index (χ4n) is 1.64. The van der Waals surface area contributed by atoms with Crippen LogP contribution in [-0.2, 0) is 13.0 Å². The lowest BCUT2D eigenvalue weighted by Crippen LogP contribution is -2.37. The number of thiophene rings is 1. The van der Waals surface area contributed by atoms with Crippen LogP contribution in [0, 0.1) is 0 Å². The summed E-state index contributed by atoms with van der Waals surface area (Å²) >= 11 is 2.90. The first-order chi connectivity index (χ1) is 10.1. The van der Waals surface area contributed by atoms with Gasteiger partial charge >= 0.3 is 12.0 Å². The molecule has 6 nitrogen and oxygen atoms in total. The predicted octanol–water partition coefficient (Wildman–Crippen LogP) is 2.29. The quantitative estimate of drug-likeness (QED) is 0.853. The van der Waals surface area contributed by atoms with Crippen LogP contribution in [0.5, 0.6) is 0 Å². The fourth-order valence-corrected chi connectivity index (χ4v) is 3.17. The standard InChI is InChI=1S/C13H15N3O3S2/c1-16(7-9-3-2-6-20-9)13(19)14-5-4-11-15-10(8-21-11)12(17)18/h2-3,6,8H,4-5,7H2,1H3,(H,14,19)(H,17,18). The summed E-state index contributed by atoms with van der Waals surface area (Å²) in [7, 11) is 1.74. The Morgan fingerprint density at radius 2 is 2.24 bits per heavy atom. The van der Waals surface area contributed by atoms with E-state index in [1.807, 2.05) is 17.5 Å². The smallest absolute Gasteiger partial charge is 0.355 e. The van der Waals surface area contributed by atoms with E-state index < -0.39 is 5.97 Å². The summed E-state index contributed by atoms with van der Waals surface area (Å²) in [5.74, 6) is -1.03. The molecule has 0 spiro atoms. The number of urea groups is 1. The van der Waals surface area contributed by atoms with Gasteiger partial charge in [-0.15, -0.1) is 22.7 Å². The van der Waals surface area contributed by atoms with Gasteiger partial charge in [-0.2, -0.15) is 0 Å². The first-order valence-electron chi connectivity index (χ1n) is 6.25. The number of nitrogens with one attached hydrogen (secondary N) is 1. The molecule has 0 saturated heterocycles. The van der Waals surface area contributed by atoms with Crippen LogP contribution < -0.4 is 5.32 Å². The van der Waals surface area contributed by atoms with E-state index in [0.29, 0.717) is 24.5 Å². The number of hydrogen-bond donors (Lipinski definition) is 2. The van der Waals surface area contributed by atoms with Gasteiger partial charge in [0.05, 0.1) is 11.6 Å². The van der Waals surface area contributed by atoms with Crippen molar-refractivity contribution in [2.75, 3.05) is 13.6 Å². The summed E-state index contributed by atoms with van der Waals surface area (Å²) in [6, 6.07) is 3.78. The molecule has 2 aromatic rings. The third kappa shape index (κ3) is 4.54. The van der Waals surface area contributed by atoms with Crippen molar-refractivity contribution in [3.63, 3.8) is 0 Å². The maximum absolute atomic E-state index is 11.9. The molecule has 8 heteroatoms. The number of carbonyl (C=O) groups is 2. The normalized spacial score (nSPS) is 10.3. The first-order valence-corrected chi connectivity index (χ1v) is 8.01. The van der Waals surface area contributed by atoms with Gasteiger partial charge in [-0.25, -0.2) is 14.6 Å². The van der Waals surface area contributed by atoms with Crippen LogP contribution in [0.2, 0.25) is 0 Å². The lowest BCUT2D eigenvalue weighted by molar-refractivity contribution is 0.0691. The number of carboxylic acids is 1. The molecule has 0 bridgehead atoms. The van der Waals surface area contributed by atoms with Crippen LogP contribution in [0.3, 0.4) is 0 Å². The number of hydrogen-bond acceptors (Lipinski definition) is 5. The average Bonchev–Trinajstić information content (AvgIpc) is 3.09. The zero-order valence-electron chi connectivity index (χ0n) is 11.4. The molecule has 2 rings (SSSR count). The van der Waals surface area contributed by atoms with E-state index in [4.69, 9.17) is 5.11 Å². The minimum Gasteiger partial charge on any atom is -0.476 e. The van der Waals surface area contributed by atoms with E-state index in [2.05, 4.69) is 10.3 Å². The monoisotopic (exact) mass is 325 g/mol. The van der Waals surface area contributed by atoms with Crippen molar-refractivity contribution < 1.29 is 14.7 Å². The number of rotatable bonds is 6. The number of carbonyl (C=O) groups excluding carboxylic acids is 1. The second-order valence-corrected chi connectivity index (χ2v) is 6.32. The Bertz CT molecular complexity index is 610. The minimum atomic E-state index is -1.03. The summed E-state index contributed by atoms with van der Waals surface area (Å²) < 4.78 is 0. The van der Waals surface area contributed by atoms with Crippen LogP contribution in [0.15, 0.2) is 22.9 Å². The molecule has 2 aromatic heterocycles. The van der Waals surface area contributed by atoms with Crippen LogP contribution in [0.4, 0.5) is 4.79 Å². The Labute approximate surface area is 130 Å². The molecule has 112 valence electrons. The molecule has 0 aliphatic heterocycles. The van der Waals surface area contributed by atoms with Gasteiger partial charge < -0.3 is 15.3 Å². The average molecular weight is 325 g/mol. The number of aromatic nitrogens is 1. The number of nitrogens with zero attached hydrogens (tertiary/aromatic N) is 2. The Morgan fingerprint density at radius 3 is 2.86 bits per heavy atom. The molecular formula is C13H15N3O3S2. The van der Waals surface area contributed by atoms with E-state index >= 15 is 0 Å². The van der Waals surface area contributed by atoms with Crippen LogP contribution in [-0.4, -0.2) is 40.6 Å². The second-order valence-electron chi connectivity index (χ2n) is 4.35. The van der Waals surface area contributed by atoms with Crippen molar-refractivity contribution in [3.05, 3.63) is 38.5 Å². The highest BCUT2D eigenvalue weighted by Gasteiger charge is 2.11.